The van der Waals surface area contributed by atoms with Crippen LogP contribution in [0.3, 0.4) is 0 Å². The molecule has 0 bridgehead atoms. The minimum atomic E-state index is -0.569. The Kier molecular flexibility index (Phi) is 10.1. The smallest absolute Gasteiger partial charge is 0.140 e. The first-order valence-electron chi connectivity index (χ1n) is 6.83. The van der Waals surface area contributed by atoms with Gasteiger partial charge in [0.05, 0.1) is 4.87 Å². The van der Waals surface area contributed by atoms with Crippen molar-refractivity contribution in [2.45, 2.75) is 82.9 Å². The number of unbranched alkanes of at least 4 members (excludes halogenated alkanes) is 6. The van der Waals surface area contributed by atoms with Crippen LogP contribution in [0, 0.1) is 0 Å². The second kappa shape index (κ2) is 10.1. The molecule has 0 aliphatic carbocycles. The van der Waals surface area contributed by atoms with E-state index in [1.54, 1.807) is 0 Å². The van der Waals surface area contributed by atoms with Crippen LogP contribution in [-0.2, 0) is 4.79 Å². The molecule has 96 valence electrons. The lowest BCUT2D eigenvalue weighted by Gasteiger charge is -2.19. The van der Waals surface area contributed by atoms with Gasteiger partial charge >= 0.3 is 0 Å². The van der Waals surface area contributed by atoms with Crippen LogP contribution in [0.15, 0.2) is 0 Å². The van der Waals surface area contributed by atoms with Crippen LogP contribution in [0.5, 0.6) is 0 Å². The molecule has 0 radical (unpaired) electrons. The zero-order chi connectivity index (χ0) is 12.3. The van der Waals surface area contributed by atoms with Gasteiger partial charge in [0, 0.05) is 0 Å². The number of hydrogen-bond acceptors (Lipinski definition) is 1. The molecule has 0 aromatic carbocycles. The lowest BCUT2D eigenvalue weighted by Crippen LogP contribution is -2.23. The lowest BCUT2D eigenvalue weighted by atomic mass is 9.95. The molecule has 0 amide bonds. The van der Waals surface area contributed by atoms with Gasteiger partial charge in [0.2, 0.25) is 0 Å². The monoisotopic (exact) mass is 246 g/mol. The number of carbonyl (C=O) groups excluding carboxylic acids is 1. The Balaban J connectivity index is 3.57. The van der Waals surface area contributed by atoms with E-state index in [1.807, 2.05) is 0 Å². The molecule has 1 unspecified atom stereocenters. The molecular formula is C14H27ClO. The van der Waals surface area contributed by atoms with Crippen LogP contribution in [0.4, 0.5) is 0 Å². The molecule has 0 heterocycles. The Morgan fingerprint density at radius 1 is 0.875 bits per heavy atom. The van der Waals surface area contributed by atoms with Gasteiger partial charge in [0.25, 0.3) is 0 Å². The fourth-order valence-electron chi connectivity index (χ4n) is 1.91. The summed E-state index contributed by atoms with van der Waals surface area (Å²) in [5.74, 6) is 0. The van der Waals surface area contributed by atoms with Gasteiger partial charge in [-0.05, 0) is 12.8 Å². The normalized spacial score (nSPS) is 14.7. The summed E-state index contributed by atoms with van der Waals surface area (Å²) in [4.78, 5) is 10.4. The topological polar surface area (TPSA) is 17.1 Å². The maximum absolute atomic E-state index is 11.0. The maximum atomic E-state index is 11.0. The van der Waals surface area contributed by atoms with E-state index in [0.717, 1.165) is 38.4 Å². The first-order chi connectivity index (χ1) is 7.68. The largest absolute Gasteiger partial charge is 0.301 e. The number of aldehydes is 1. The van der Waals surface area contributed by atoms with Crippen molar-refractivity contribution >= 4 is 17.9 Å². The number of hydrogen-bond donors (Lipinski definition) is 0. The molecule has 16 heavy (non-hydrogen) atoms. The van der Waals surface area contributed by atoms with Gasteiger partial charge in [0.1, 0.15) is 6.29 Å². The molecule has 1 nitrogen and oxygen atoms in total. The fourth-order valence-corrected chi connectivity index (χ4v) is 2.18. The first-order valence-corrected chi connectivity index (χ1v) is 7.21. The number of alkyl halides is 1. The maximum Gasteiger partial charge on any atom is 0.140 e. The molecule has 0 spiro atoms. The van der Waals surface area contributed by atoms with Crippen molar-refractivity contribution in [3.05, 3.63) is 0 Å². The van der Waals surface area contributed by atoms with E-state index in [4.69, 9.17) is 11.6 Å². The predicted molar refractivity (Wildman–Crippen MR) is 72.2 cm³/mol. The molecule has 0 saturated carbocycles. The fraction of sp³-hybridized carbons (Fsp3) is 0.929. The van der Waals surface area contributed by atoms with Gasteiger partial charge in [-0.1, -0.05) is 65.2 Å². The van der Waals surface area contributed by atoms with Crippen LogP contribution in [0.25, 0.3) is 0 Å². The van der Waals surface area contributed by atoms with E-state index in [2.05, 4.69) is 13.8 Å². The highest BCUT2D eigenvalue weighted by Gasteiger charge is 2.24. The summed E-state index contributed by atoms with van der Waals surface area (Å²) in [6.45, 7) is 4.35. The summed E-state index contributed by atoms with van der Waals surface area (Å²) in [6.07, 6.45) is 12.3. The van der Waals surface area contributed by atoms with Gasteiger partial charge in [-0.15, -0.1) is 11.6 Å². The highest BCUT2D eigenvalue weighted by Crippen LogP contribution is 2.27. The van der Waals surface area contributed by atoms with Crippen LogP contribution in [0.1, 0.15) is 78.1 Å². The van der Waals surface area contributed by atoms with Gasteiger partial charge in [-0.25, -0.2) is 0 Å². The molecule has 0 fully saturated rings. The van der Waals surface area contributed by atoms with E-state index in [-0.39, 0.29) is 0 Å². The SMILES string of the molecule is CCCCCCCCC(Cl)(C=O)CCCC. The second-order valence-corrected chi connectivity index (χ2v) is 5.53. The van der Waals surface area contributed by atoms with Crippen molar-refractivity contribution < 1.29 is 4.79 Å². The quantitative estimate of drug-likeness (QED) is 0.282. The lowest BCUT2D eigenvalue weighted by molar-refractivity contribution is -0.110. The van der Waals surface area contributed by atoms with Crippen LogP contribution in [-0.4, -0.2) is 11.2 Å². The summed E-state index contributed by atoms with van der Waals surface area (Å²) in [5, 5.41) is 0. The van der Waals surface area contributed by atoms with E-state index in [0.29, 0.717) is 0 Å². The first kappa shape index (κ1) is 16.0. The highest BCUT2D eigenvalue weighted by molar-refractivity contribution is 6.31. The molecule has 0 aromatic rings. The van der Waals surface area contributed by atoms with Crippen molar-refractivity contribution in [3.8, 4) is 0 Å². The molecule has 1 atom stereocenters. The van der Waals surface area contributed by atoms with Gasteiger partial charge in [-0.3, -0.25) is 0 Å². The Labute approximate surface area is 106 Å². The Morgan fingerprint density at radius 3 is 1.94 bits per heavy atom. The number of carbonyl (C=O) groups is 1. The third-order valence-electron chi connectivity index (χ3n) is 3.10. The molecule has 0 N–H and O–H groups in total. The Hall–Kier alpha value is -0.0400. The Morgan fingerprint density at radius 2 is 1.38 bits per heavy atom. The second-order valence-electron chi connectivity index (χ2n) is 4.77. The van der Waals surface area contributed by atoms with Crippen molar-refractivity contribution in [1.82, 2.24) is 0 Å². The minimum Gasteiger partial charge on any atom is -0.301 e. The summed E-state index contributed by atoms with van der Waals surface area (Å²) < 4.78 is 0. The molecule has 0 rings (SSSR count). The molecule has 0 aromatic heterocycles. The average molecular weight is 247 g/mol. The van der Waals surface area contributed by atoms with E-state index >= 15 is 0 Å². The van der Waals surface area contributed by atoms with Gasteiger partial charge < -0.3 is 4.79 Å². The summed E-state index contributed by atoms with van der Waals surface area (Å²) in [5.41, 5.74) is 0. The number of rotatable bonds is 11. The summed E-state index contributed by atoms with van der Waals surface area (Å²) in [6, 6.07) is 0. The van der Waals surface area contributed by atoms with E-state index < -0.39 is 4.87 Å². The molecule has 2 heteroatoms. The van der Waals surface area contributed by atoms with E-state index in [9.17, 15) is 4.79 Å². The third kappa shape index (κ3) is 8.15. The highest BCUT2D eigenvalue weighted by atomic mass is 35.5. The Bertz CT molecular complexity index is 170. The van der Waals surface area contributed by atoms with Crippen molar-refractivity contribution in [1.29, 1.82) is 0 Å². The summed E-state index contributed by atoms with van der Waals surface area (Å²) in [7, 11) is 0. The van der Waals surface area contributed by atoms with Crippen LogP contribution >= 0.6 is 11.6 Å². The van der Waals surface area contributed by atoms with Crippen molar-refractivity contribution in [2.24, 2.45) is 0 Å². The summed E-state index contributed by atoms with van der Waals surface area (Å²) >= 11 is 6.27. The standard InChI is InChI=1S/C14H27ClO/c1-3-5-7-8-9-10-12-14(15,13-16)11-6-4-2/h13H,3-12H2,1-2H3. The van der Waals surface area contributed by atoms with Crippen LogP contribution in [0.2, 0.25) is 0 Å². The average Bonchev–Trinajstić information content (AvgIpc) is 2.31. The minimum absolute atomic E-state index is 0.569. The van der Waals surface area contributed by atoms with Crippen LogP contribution < -0.4 is 0 Å². The number of halogens is 1. The predicted octanol–water partition coefficient (Wildman–Crippen LogP) is 5.10. The molecular weight excluding hydrogens is 220 g/mol. The van der Waals surface area contributed by atoms with Crippen molar-refractivity contribution in [2.75, 3.05) is 0 Å². The van der Waals surface area contributed by atoms with Gasteiger partial charge in [0.15, 0.2) is 0 Å². The molecule has 0 aliphatic heterocycles. The van der Waals surface area contributed by atoms with E-state index in [1.165, 1.54) is 32.1 Å². The van der Waals surface area contributed by atoms with Crippen molar-refractivity contribution in [3.63, 3.8) is 0 Å². The third-order valence-corrected chi connectivity index (χ3v) is 3.57. The van der Waals surface area contributed by atoms with Gasteiger partial charge in [-0.2, -0.15) is 0 Å². The molecule has 0 saturated heterocycles. The molecule has 0 aliphatic rings. The zero-order valence-corrected chi connectivity index (χ0v) is 11.7. The zero-order valence-electron chi connectivity index (χ0n) is 10.9.